The van der Waals surface area contributed by atoms with Gasteiger partial charge in [0.25, 0.3) is 0 Å². The highest BCUT2D eigenvalue weighted by atomic mass is 32.2. The summed E-state index contributed by atoms with van der Waals surface area (Å²) in [6.07, 6.45) is 1.50. The molecule has 23 heavy (non-hydrogen) atoms. The Morgan fingerprint density at radius 2 is 1.83 bits per heavy atom. The minimum atomic E-state index is -2.94. The summed E-state index contributed by atoms with van der Waals surface area (Å²) in [7, 11) is -2.94. The van der Waals surface area contributed by atoms with Crippen LogP contribution in [0.2, 0.25) is 0 Å². The van der Waals surface area contributed by atoms with Crippen molar-refractivity contribution < 1.29 is 22.7 Å². The fourth-order valence-corrected chi connectivity index (χ4v) is 3.92. The van der Waals surface area contributed by atoms with Crippen LogP contribution in [-0.2, 0) is 19.4 Å². The van der Waals surface area contributed by atoms with E-state index in [0.29, 0.717) is 24.5 Å². The van der Waals surface area contributed by atoms with Crippen molar-refractivity contribution in [3.63, 3.8) is 0 Å². The third-order valence-corrected chi connectivity index (χ3v) is 5.93. The highest BCUT2D eigenvalue weighted by Gasteiger charge is 2.26. The number of ether oxygens (including phenoxy) is 2. The first kappa shape index (κ1) is 17.8. The molecule has 1 fully saturated rings. The normalized spacial score (nSPS) is 19.0. The molecular weight excluding hydrogens is 316 g/mol. The predicted molar refractivity (Wildman–Crippen MR) is 88.4 cm³/mol. The van der Waals surface area contributed by atoms with Crippen molar-refractivity contribution in [2.24, 2.45) is 0 Å². The van der Waals surface area contributed by atoms with E-state index in [4.69, 9.17) is 9.47 Å². The summed E-state index contributed by atoms with van der Waals surface area (Å²) in [4.78, 5) is 11.8. The second kappa shape index (κ2) is 7.81. The molecule has 1 aromatic rings. The van der Waals surface area contributed by atoms with Gasteiger partial charge in [-0.2, -0.15) is 0 Å². The first-order valence-electron chi connectivity index (χ1n) is 8.02. The largest absolute Gasteiger partial charge is 0.482 e. The molecule has 1 aliphatic rings. The Morgan fingerprint density at radius 1 is 1.22 bits per heavy atom. The molecule has 1 unspecified atom stereocenters. The number of esters is 1. The molecule has 0 radical (unpaired) electrons. The van der Waals surface area contributed by atoms with Gasteiger partial charge in [-0.25, -0.2) is 13.2 Å². The van der Waals surface area contributed by atoms with Gasteiger partial charge in [0.1, 0.15) is 11.9 Å². The van der Waals surface area contributed by atoms with Crippen LogP contribution in [-0.4, -0.2) is 38.6 Å². The number of rotatable bonds is 6. The molecule has 1 heterocycles. The first-order chi connectivity index (χ1) is 10.9. The number of hydrogen-bond acceptors (Lipinski definition) is 5. The minimum Gasteiger partial charge on any atom is -0.482 e. The average Bonchev–Trinajstić information content (AvgIpc) is 2.54. The van der Waals surface area contributed by atoms with Crippen molar-refractivity contribution in [3.05, 3.63) is 29.8 Å². The van der Waals surface area contributed by atoms with E-state index in [9.17, 15) is 13.2 Å². The van der Waals surface area contributed by atoms with E-state index >= 15 is 0 Å². The molecule has 0 aromatic heterocycles. The van der Waals surface area contributed by atoms with E-state index < -0.39 is 15.8 Å². The van der Waals surface area contributed by atoms with E-state index in [1.807, 2.05) is 24.3 Å². The lowest BCUT2D eigenvalue weighted by Gasteiger charge is -2.22. The molecule has 0 amide bonds. The van der Waals surface area contributed by atoms with Crippen LogP contribution >= 0.6 is 0 Å². The maximum Gasteiger partial charge on any atom is 0.344 e. The third-order valence-electron chi connectivity index (χ3n) is 4.22. The molecule has 0 aliphatic carbocycles. The van der Waals surface area contributed by atoms with Gasteiger partial charge in [0.15, 0.2) is 16.4 Å². The molecule has 5 nitrogen and oxygen atoms in total. The fourth-order valence-electron chi connectivity index (χ4n) is 2.48. The van der Waals surface area contributed by atoms with E-state index in [1.54, 1.807) is 0 Å². The number of sulfone groups is 1. The first-order valence-corrected chi connectivity index (χ1v) is 9.84. The Labute approximate surface area is 137 Å². The quantitative estimate of drug-likeness (QED) is 0.745. The molecule has 1 aliphatic heterocycles. The number of carbonyl (C=O) groups excluding carboxylic acids is 1. The van der Waals surface area contributed by atoms with Crippen LogP contribution in [0, 0.1) is 0 Å². The Bertz CT molecular complexity index is 607. The fraction of sp³-hybridized carbons (Fsp3) is 0.588. The maximum absolute atomic E-state index is 11.8. The zero-order valence-corrected chi connectivity index (χ0v) is 14.5. The monoisotopic (exact) mass is 340 g/mol. The predicted octanol–water partition coefficient (Wildman–Crippen LogP) is 2.70. The smallest absolute Gasteiger partial charge is 0.344 e. The van der Waals surface area contributed by atoms with Gasteiger partial charge in [0.2, 0.25) is 0 Å². The summed E-state index contributed by atoms with van der Waals surface area (Å²) in [5.74, 6) is 0.836. The highest BCUT2D eigenvalue weighted by Crippen LogP contribution is 2.21. The third kappa shape index (κ3) is 5.53. The summed E-state index contributed by atoms with van der Waals surface area (Å²) < 4.78 is 33.3. The molecule has 128 valence electrons. The van der Waals surface area contributed by atoms with Crippen LogP contribution in [0.5, 0.6) is 5.75 Å². The van der Waals surface area contributed by atoms with Gasteiger partial charge in [-0.1, -0.05) is 26.0 Å². The molecule has 6 heteroatoms. The lowest BCUT2D eigenvalue weighted by molar-refractivity contribution is -0.151. The maximum atomic E-state index is 11.8. The van der Waals surface area contributed by atoms with Crippen LogP contribution < -0.4 is 4.74 Å². The average molecular weight is 340 g/mol. The van der Waals surface area contributed by atoms with Gasteiger partial charge in [-0.05, 0) is 42.9 Å². The Balaban J connectivity index is 1.76. The van der Waals surface area contributed by atoms with E-state index in [-0.39, 0.29) is 24.2 Å². The van der Waals surface area contributed by atoms with Crippen molar-refractivity contribution in [2.75, 3.05) is 18.1 Å². The van der Waals surface area contributed by atoms with Crippen molar-refractivity contribution in [1.29, 1.82) is 0 Å². The van der Waals surface area contributed by atoms with Crippen molar-refractivity contribution in [3.8, 4) is 5.75 Å². The van der Waals surface area contributed by atoms with Gasteiger partial charge in [-0.15, -0.1) is 0 Å². The van der Waals surface area contributed by atoms with Crippen LogP contribution in [0.15, 0.2) is 24.3 Å². The van der Waals surface area contributed by atoms with Gasteiger partial charge in [0.05, 0.1) is 11.5 Å². The van der Waals surface area contributed by atoms with Crippen molar-refractivity contribution >= 4 is 15.8 Å². The molecule has 1 aromatic carbocycles. The molecule has 0 spiro atoms. The molecule has 0 N–H and O–H groups in total. The summed E-state index contributed by atoms with van der Waals surface area (Å²) in [6.45, 7) is 4.14. The number of benzene rings is 1. The highest BCUT2D eigenvalue weighted by molar-refractivity contribution is 7.91. The van der Waals surface area contributed by atoms with E-state index in [0.717, 1.165) is 6.42 Å². The summed E-state index contributed by atoms with van der Waals surface area (Å²) in [6, 6.07) is 7.70. The van der Waals surface area contributed by atoms with Crippen LogP contribution in [0.1, 0.15) is 44.6 Å². The number of hydrogen-bond donors (Lipinski definition) is 0. The van der Waals surface area contributed by atoms with Gasteiger partial charge >= 0.3 is 5.97 Å². The minimum absolute atomic E-state index is 0.0862. The summed E-state index contributed by atoms with van der Waals surface area (Å²) in [5.41, 5.74) is 1.24. The Morgan fingerprint density at radius 3 is 2.39 bits per heavy atom. The van der Waals surface area contributed by atoms with Crippen molar-refractivity contribution in [2.45, 2.75) is 45.1 Å². The Hall–Kier alpha value is -1.56. The van der Waals surface area contributed by atoms with Crippen molar-refractivity contribution in [1.82, 2.24) is 0 Å². The van der Waals surface area contributed by atoms with Crippen LogP contribution in [0.25, 0.3) is 0 Å². The van der Waals surface area contributed by atoms with Crippen LogP contribution in [0.3, 0.4) is 0 Å². The molecule has 1 atom stereocenters. The van der Waals surface area contributed by atoms with Crippen LogP contribution in [0.4, 0.5) is 0 Å². The molecule has 0 saturated carbocycles. The van der Waals surface area contributed by atoms with Gasteiger partial charge in [-0.3, -0.25) is 0 Å². The zero-order valence-electron chi connectivity index (χ0n) is 13.7. The second-order valence-corrected chi connectivity index (χ2v) is 8.31. The lowest BCUT2D eigenvalue weighted by atomic mass is 9.99. The Kier molecular flexibility index (Phi) is 6.04. The molecular formula is C17H24O5S. The summed E-state index contributed by atoms with van der Waals surface area (Å²) in [5, 5.41) is 0. The van der Waals surface area contributed by atoms with E-state index in [2.05, 4.69) is 13.8 Å². The molecule has 2 rings (SSSR count). The molecule has 1 saturated heterocycles. The SMILES string of the molecule is CCC(C)c1ccc(OCC(=O)OC2CCS(=O)(=O)CC2)cc1. The van der Waals surface area contributed by atoms with Gasteiger partial charge in [0, 0.05) is 0 Å². The second-order valence-electron chi connectivity index (χ2n) is 6.01. The topological polar surface area (TPSA) is 69.7 Å². The standard InChI is InChI=1S/C17H24O5S/c1-3-13(2)14-4-6-15(7-5-14)21-12-17(18)22-16-8-10-23(19,20)11-9-16/h4-7,13,16H,3,8-12H2,1-2H3. The zero-order chi connectivity index (χ0) is 16.9. The lowest BCUT2D eigenvalue weighted by Crippen LogP contribution is -2.31. The van der Waals surface area contributed by atoms with E-state index in [1.165, 1.54) is 5.56 Å². The summed E-state index contributed by atoms with van der Waals surface area (Å²) >= 11 is 0. The number of carbonyl (C=O) groups is 1. The molecule has 0 bridgehead atoms. The van der Waals surface area contributed by atoms with Gasteiger partial charge < -0.3 is 9.47 Å².